The van der Waals surface area contributed by atoms with Gasteiger partial charge in [-0.25, -0.2) is 4.98 Å². The van der Waals surface area contributed by atoms with Crippen molar-refractivity contribution in [3.05, 3.63) is 72.7 Å². The summed E-state index contributed by atoms with van der Waals surface area (Å²) in [5.41, 5.74) is 3.84. The van der Waals surface area contributed by atoms with Gasteiger partial charge in [0.2, 0.25) is 11.8 Å². The number of pyridine rings is 2. The Bertz CT molecular complexity index is 944. The first kappa shape index (κ1) is 18.2. The van der Waals surface area contributed by atoms with Gasteiger partial charge in [0.05, 0.1) is 6.10 Å². The molecule has 0 spiro atoms. The van der Waals surface area contributed by atoms with E-state index in [0.717, 1.165) is 28.9 Å². The average molecular weight is 375 g/mol. The lowest BCUT2D eigenvalue weighted by atomic mass is 10.1. The van der Waals surface area contributed by atoms with E-state index in [4.69, 9.17) is 4.74 Å². The lowest BCUT2D eigenvalue weighted by Gasteiger charge is -2.09. The van der Waals surface area contributed by atoms with E-state index in [9.17, 15) is 4.79 Å². The second-order valence-electron chi connectivity index (χ2n) is 7.32. The number of nitrogens with zero attached hydrogens (tertiary/aromatic N) is 2. The summed E-state index contributed by atoms with van der Waals surface area (Å²) >= 11 is 0. The van der Waals surface area contributed by atoms with Gasteiger partial charge in [-0.15, -0.1) is 0 Å². The quantitative estimate of drug-likeness (QED) is 0.664. The molecule has 4 rings (SSSR count). The van der Waals surface area contributed by atoms with Crippen molar-refractivity contribution in [2.45, 2.75) is 32.3 Å². The standard InChI is InChI=1S/C23H23N3O2.H2/c1-15(2)28-22-11-8-17(14-25-22)16-6-9-18(10-7-16)26-23(27)20-13-19(20)21-5-3-4-12-24-21;/h3-12,14-15,19-20H,13H2,1-2H3,(H,26,27);1H. The summed E-state index contributed by atoms with van der Waals surface area (Å²) in [6.45, 7) is 3.95. The molecular weight excluding hydrogens is 350 g/mol. The highest BCUT2D eigenvalue weighted by atomic mass is 16.5. The third-order valence-electron chi connectivity index (χ3n) is 4.77. The second kappa shape index (κ2) is 7.80. The molecule has 5 nitrogen and oxygen atoms in total. The summed E-state index contributed by atoms with van der Waals surface area (Å²) in [5, 5.41) is 3.01. The molecule has 2 unspecified atom stereocenters. The molecule has 1 fully saturated rings. The van der Waals surface area contributed by atoms with Gasteiger partial charge in [0.25, 0.3) is 0 Å². The van der Waals surface area contributed by atoms with E-state index in [1.807, 2.05) is 68.4 Å². The molecule has 1 aromatic carbocycles. The number of hydrogen-bond acceptors (Lipinski definition) is 4. The number of amides is 1. The van der Waals surface area contributed by atoms with Crippen LogP contribution < -0.4 is 10.1 Å². The Morgan fingerprint density at radius 1 is 1.07 bits per heavy atom. The van der Waals surface area contributed by atoms with Crippen LogP contribution in [0.15, 0.2) is 67.0 Å². The molecule has 144 valence electrons. The van der Waals surface area contributed by atoms with Gasteiger partial charge in [0.15, 0.2) is 0 Å². The van der Waals surface area contributed by atoms with E-state index in [0.29, 0.717) is 5.88 Å². The van der Waals surface area contributed by atoms with Gasteiger partial charge in [-0.3, -0.25) is 9.78 Å². The predicted molar refractivity (Wildman–Crippen MR) is 111 cm³/mol. The highest BCUT2D eigenvalue weighted by Crippen LogP contribution is 2.47. The number of nitrogens with one attached hydrogen (secondary N) is 1. The summed E-state index contributed by atoms with van der Waals surface area (Å²) < 4.78 is 5.57. The van der Waals surface area contributed by atoms with Crippen LogP contribution in [0.4, 0.5) is 5.69 Å². The summed E-state index contributed by atoms with van der Waals surface area (Å²) in [5.74, 6) is 0.917. The molecule has 2 aromatic heterocycles. The van der Waals surface area contributed by atoms with Crippen molar-refractivity contribution < 1.29 is 11.0 Å². The molecule has 3 aromatic rings. The zero-order valence-electron chi connectivity index (χ0n) is 16.0. The second-order valence-corrected chi connectivity index (χ2v) is 7.32. The lowest BCUT2D eigenvalue weighted by Crippen LogP contribution is -2.14. The highest BCUT2D eigenvalue weighted by Gasteiger charge is 2.44. The minimum absolute atomic E-state index is 0. The van der Waals surface area contributed by atoms with Crippen LogP contribution in [0.2, 0.25) is 0 Å². The third kappa shape index (κ3) is 4.19. The normalized spacial score (nSPS) is 18.0. The Kier molecular flexibility index (Phi) is 5.06. The highest BCUT2D eigenvalue weighted by molar-refractivity contribution is 5.95. The number of benzene rings is 1. The van der Waals surface area contributed by atoms with Gasteiger partial charge in [0, 0.05) is 48.7 Å². The molecule has 1 N–H and O–H groups in total. The summed E-state index contributed by atoms with van der Waals surface area (Å²) in [6.07, 6.45) is 4.53. The van der Waals surface area contributed by atoms with Gasteiger partial charge in [0.1, 0.15) is 0 Å². The fourth-order valence-corrected chi connectivity index (χ4v) is 3.25. The first-order valence-corrected chi connectivity index (χ1v) is 9.55. The van der Waals surface area contributed by atoms with Crippen LogP contribution in [-0.4, -0.2) is 22.0 Å². The molecule has 5 heteroatoms. The van der Waals surface area contributed by atoms with E-state index in [1.54, 1.807) is 12.4 Å². The largest absolute Gasteiger partial charge is 0.475 e. The van der Waals surface area contributed by atoms with Crippen molar-refractivity contribution in [2.24, 2.45) is 5.92 Å². The minimum atomic E-state index is 0. The maximum absolute atomic E-state index is 12.5. The van der Waals surface area contributed by atoms with Crippen LogP contribution in [-0.2, 0) is 4.79 Å². The van der Waals surface area contributed by atoms with E-state index >= 15 is 0 Å². The molecule has 1 amide bonds. The van der Waals surface area contributed by atoms with Crippen LogP contribution in [0, 0.1) is 5.92 Å². The van der Waals surface area contributed by atoms with E-state index in [2.05, 4.69) is 15.3 Å². The van der Waals surface area contributed by atoms with E-state index in [1.165, 1.54) is 0 Å². The molecule has 1 aliphatic rings. The first-order chi connectivity index (χ1) is 13.6. The van der Waals surface area contributed by atoms with Crippen molar-refractivity contribution in [1.82, 2.24) is 9.97 Å². The van der Waals surface area contributed by atoms with Crippen LogP contribution >= 0.6 is 0 Å². The number of carbonyl (C=O) groups is 1. The number of hydrogen-bond donors (Lipinski definition) is 1. The molecule has 0 saturated heterocycles. The summed E-state index contributed by atoms with van der Waals surface area (Å²) in [7, 11) is 0. The number of ether oxygens (including phenoxy) is 1. The number of aromatic nitrogens is 2. The first-order valence-electron chi connectivity index (χ1n) is 9.55. The Morgan fingerprint density at radius 3 is 2.50 bits per heavy atom. The van der Waals surface area contributed by atoms with Gasteiger partial charge in [-0.2, -0.15) is 0 Å². The van der Waals surface area contributed by atoms with E-state index < -0.39 is 0 Å². The van der Waals surface area contributed by atoms with Crippen molar-refractivity contribution >= 4 is 11.6 Å². The van der Waals surface area contributed by atoms with E-state index in [-0.39, 0.29) is 25.3 Å². The Labute approximate surface area is 166 Å². The Balaban J connectivity index is 0.00000240. The molecular formula is C23H25N3O2. The minimum Gasteiger partial charge on any atom is -0.475 e. The molecule has 0 aliphatic heterocycles. The maximum atomic E-state index is 12.5. The van der Waals surface area contributed by atoms with Gasteiger partial charge >= 0.3 is 0 Å². The molecule has 2 heterocycles. The average Bonchev–Trinajstić information content (AvgIpc) is 3.51. The van der Waals surface area contributed by atoms with Crippen LogP contribution in [0.25, 0.3) is 11.1 Å². The fourth-order valence-electron chi connectivity index (χ4n) is 3.25. The number of anilines is 1. The van der Waals surface area contributed by atoms with Crippen molar-refractivity contribution in [2.75, 3.05) is 5.32 Å². The van der Waals surface area contributed by atoms with Crippen LogP contribution in [0.5, 0.6) is 5.88 Å². The van der Waals surface area contributed by atoms with Crippen LogP contribution in [0.3, 0.4) is 0 Å². The van der Waals surface area contributed by atoms with Crippen molar-refractivity contribution in [3.8, 4) is 17.0 Å². The van der Waals surface area contributed by atoms with Crippen LogP contribution in [0.1, 0.15) is 33.3 Å². The molecule has 2 atom stereocenters. The summed E-state index contributed by atoms with van der Waals surface area (Å²) in [6, 6.07) is 17.5. The lowest BCUT2D eigenvalue weighted by molar-refractivity contribution is -0.117. The smallest absolute Gasteiger partial charge is 0.228 e. The molecule has 1 saturated carbocycles. The molecule has 0 bridgehead atoms. The van der Waals surface area contributed by atoms with Gasteiger partial charge in [-0.05, 0) is 56.2 Å². The Hall–Kier alpha value is -3.21. The Morgan fingerprint density at radius 2 is 1.86 bits per heavy atom. The summed E-state index contributed by atoms with van der Waals surface area (Å²) in [4.78, 5) is 21.2. The van der Waals surface area contributed by atoms with Gasteiger partial charge < -0.3 is 10.1 Å². The topological polar surface area (TPSA) is 64.1 Å². The molecule has 1 aliphatic carbocycles. The monoisotopic (exact) mass is 375 g/mol. The van der Waals surface area contributed by atoms with Gasteiger partial charge in [-0.1, -0.05) is 18.2 Å². The maximum Gasteiger partial charge on any atom is 0.228 e. The zero-order valence-corrected chi connectivity index (χ0v) is 16.0. The SMILES string of the molecule is CC(C)Oc1ccc(-c2ccc(NC(=O)C3CC3c3ccccn3)cc2)cn1.[HH]. The number of rotatable bonds is 6. The third-order valence-corrected chi connectivity index (χ3v) is 4.77. The molecule has 28 heavy (non-hydrogen) atoms. The number of carbonyl (C=O) groups excluding carboxylic acids is 1. The van der Waals surface area contributed by atoms with Crippen molar-refractivity contribution in [3.63, 3.8) is 0 Å². The predicted octanol–water partition coefficient (Wildman–Crippen LogP) is 4.92. The molecule has 0 radical (unpaired) electrons. The van der Waals surface area contributed by atoms with Crippen molar-refractivity contribution in [1.29, 1.82) is 0 Å². The zero-order chi connectivity index (χ0) is 19.5. The fraction of sp³-hybridized carbons (Fsp3) is 0.261.